The number of furan rings is 2. The number of nitrogens with zero attached hydrogens (tertiary/aromatic N) is 4. The van der Waals surface area contributed by atoms with Crippen molar-refractivity contribution in [3.8, 4) is 39.9 Å². The monoisotopic (exact) mass is 804 g/mol. The van der Waals surface area contributed by atoms with Gasteiger partial charge in [0.2, 0.25) is 0 Å². The van der Waals surface area contributed by atoms with E-state index in [1.54, 1.807) is 0 Å². The molecule has 14 aromatic rings. The number of para-hydroxylation sites is 2. The largest absolute Gasteiger partial charge is 0.456 e. The van der Waals surface area contributed by atoms with E-state index in [4.69, 9.17) is 23.8 Å². The minimum absolute atomic E-state index is 0.552. The summed E-state index contributed by atoms with van der Waals surface area (Å²) in [5, 5.41) is 13.7. The smallest absolute Gasteiger partial charge is 0.167 e. The molecule has 0 aliphatic heterocycles. The fourth-order valence-corrected chi connectivity index (χ4v) is 9.95. The predicted octanol–water partition coefficient (Wildman–Crippen LogP) is 15.2. The maximum atomic E-state index is 6.71. The average molecular weight is 805 g/mol. The fourth-order valence-electron chi connectivity index (χ4n) is 9.95. The Labute approximate surface area is 358 Å². The van der Waals surface area contributed by atoms with Gasteiger partial charge in [-0.2, -0.15) is 0 Å². The first-order chi connectivity index (χ1) is 31.2. The van der Waals surface area contributed by atoms with Crippen molar-refractivity contribution in [2.75, 3.05) is 0 Å². The molecule has 0 amide bonds. The van der Waals surface area contributed by atoms with Gasteiger partial charge in [-0.25, -0.2) is 15.0 Å². The number of rotatable bonds is 4. The summed E-state index contributed by atoms with van der Waals surface area (Å²) in [4.78, 5) is 15.3. The summed E-state index contributed by atoms with van der Waals surface area (Å²) in [5.74, 6) is 1.73. The van der Waals surface area contributed by atoms with Gasteiger partial charge < -0.3 is 13.4 Å². The number of benzene rings is 10. The van der Waals surface area contributed by atoms with E-state index in [2.05, 4.69) is 138 Å². The highest BCUT2D eigenvalue weighted by atomic mass is 16.3. The summed E-state index contributed by atoms with van der Waals surface area (Å²) in [6.45, 7) is 0. The van der Waals surface area contributed by atoms with Crippen LogP contribution in [0, 0.1) is 0 Å². The van der Waals surface area contributed by atoms with Gasteiger partial charge in [-0.15, -0.1) is 0 Å². The zero-order valence-electron chi connectivity index (χ0n) is 33.6. The number of hydrogen-bond acceptors (Lipinski definition) is 5. The molecule has 0 saturated heterocycles. The molecule has 0 radical (unpaired) electrons. The molecule has 0 aliphatic carbocycles. The second-order valence-corrected chi connectivity index (χ2v) is 16.3. The molecular weight excluding hydrogens is 773 g/mol. The van der Waals surface area contributed by atoms with Crippen LogP contribution in [0.3, 0.4) is 0 Å². The molecule has 0 bridgehead atoms. The van der Waals surface area contributed by atoms with Crippen LogP contribution in [0.1, 0.15) is 0 Å². The average Bonchev–Trinajstić information content (AvgIpc) is 4.03. The van der Waals surface area contributed by atoms with E-state index in [-0.39, 0.29) is 0 Å². The summed E-state index contributed by atoms with van der Waals surface area (Å²) in [6.07, 6.45) is 0. The SMILES string of the molecule is c1ccc(-c2nc(-c3ccc4c(ccc5oc6cccc(-n7c8cc9ccccc9cc8c8c9ccccc9ccc87)c6c54)c3)nc(-c3cccc4c3oc3ccccc34)n2)cc1. The molecule has 4 aromatic heterocycles. The van der Waals surface area contributed by atoms with Crippen LogP contribution in [-0.2, 0) is 0 Å². The fraction of sp³-hybridized carbons (Fsp3) is 0. The maximum Gasteiger partial charge on any atom is 0.167 e. The third-order valence-electron chi connectivity index (χ3n) is 12.8. The number of hydrogen-bond donors (Lipinski definition) is 0. The van der Waals surface area contributed by atoms with E-state index in [0.29, 0.717) is 17.5 Å². The first-order valence-electron chi connectivity index (χ1n) is 21.2. The number of aromatic nitrogens is 4. The van der Waals surface area contributed by atoms with Crippen LogP contribution in [0.15, 0.2) is 203 Å². The van der Waals surface area contributed by atoms with E-state index in [9.17, 15) is 0 Å². The zero-order valence-corrected chi connectivity index (χ0v) is 33.6. The molecule has 0 aliphatic rings. The van der Waals surface area contributed by atoms with E-state index in [1.807, 2.05) is 60.7 Å². The second-order valence-electron chi connectivity index (χ2n) is 16.3. The van der Waals surface area contributed by atoms with Crippen LogP contribution < -0.4 is 0 Å². The van der Waals surface area contributed by atoms with Crippen molar-refractivity contribution in [1.29, 1.82) is 0 Å². The molecule has 0 saturated carbocycles. The molecule has 0 unspecified atom stereocenters. The number of fused-ring (bicyclic) bond motifs is 14. The molecule has 0 N–H and O–H groups in total. The lowest BCUT2D eigenvalue weighted by Gasteiger charge is -2.11. The Hall–Kier alpha value is -8.61. The first-order valence-corrected chi connectivity index (χ1v) is 21.2. The van der Waals surface area contributed by atoms with Crippen LogP contribution in [0.4, 0.5) is 0 Å². The molecule has 14 rings (SSSR count). The van der Waals surface area contributed by atoms with Crippen molar-refractivity contribution < 1.29 is 8.83 Å². The van der Waals surface area contributed by atoms with Gasteiger partial charge >= 0.3 is 0 Å². The molecule has 63 heavy (non-hydrogen) atoms. The van der Waals surface area contributed by atoms with E-state index < -0.39 is 0 Å². The van der Waals surface area contributed by atoms with Crippen molar-refractivity contribution >= 4 is 98.0 Å². The van der Waals surface area contributed by atoms with Crippen molar-refractivity contribution in [3.05, 3.63) is 194 Å². The Morgan fingerprint density at radius 1 is 0.333 bits per heavy atom. The van der Waals surface area contributed by atoms with Gasteiger partial charge in [-0.1, -0.05) is 140 Å². The van der Waals surface area contributed by atoms with E-state index >= 15 is 0 Å². The zero-order chi connectivity index (χ0) is 41.2. The topological polar surface area (TPSA) is 69.9 Å². The predicted molar refractivity (Wildman–Crippen MR) is 258 cm³/mol. The second kappa shape index (κ2) is 12.9. The highest BCUT2D eigenvalue weighted by Crippen LogP contribution is 2.44. The highest BCUT2D eigenvalue weighted by molar-refractivity contribution is 6.26. The molecule has 6 heteroatoms. The lowest BCUT2D eigenvalue weighted by Crippen LogP contribution is -2.00. The van der Waals surface area contributed by atoms with E-state index in [1.165, 1.54) is 32.3 Å². The molecule has 0 fully saturated rings. The van der Waals surface area contributed by atoms with Crippen molar-refractivity contribution in [2.24, 2.45) is 0 Å². The van der Waals surface area contributed by atoms with E-state index in [0.717, 1.165) is 88.1 Å². The lowest BCUT2D eigenvalue weighted by atomic mass is 10.0. The molecule has 10 aromatic carbocycles. The van der Waals surface area contributed by atoms with Crippen LogP contribution >= 0.6 is 0 Å². The van der Waals surface area contributed by atoms with Crippen LogP contribution in [0.25, 0.3) is 138 Å². The van der Waals surface area contributed by atoms with Gasteiger partial charge in [0.25, 0.3) is 0 Å². The Morgan fingerprint density at radius 2 is 1.00 bits per heavy atom. The van der Waals surface area contributed by atoms with Gasteiger partial charge in [-0.05, 0) is 86.9 Å². The molecular formula is C57H32N4O2. The summed E-state index contributed by atoms with van der Waals surface area (Å²) in [6, 6.07) is 68.0. The minimum atomic E-state index is 0.552. The van der Waals surface area contributed by atoms with Crippen LogP contribution in [0.2, 0.25) is 0 Å². The van der Waals surface area contributed by atoms with Crippen LogP contribution in [0.5, 0.6) is 0 Å². The summed E-state index contributed by atoms with van der Waals surface area (Å²) in [5.41, 5.74) is 9.24. The quantitative estimate of drug-likeness (QED) is 0.177. The molecule has 0 atom stereocenters. The van der Waals surface area contributed by atoms with Crippen molar-refractivity contribution in [1.82, 2.24) is 19.5 Å². The third kappa shape index (κ3) is 5.03. The molecule has 292 valence electrons. The third-order valence-corrected chi connectivity index (χ3v) is 12.8. The van der Waals surface area contributed by atoms with Gasteiger partial charge in [0, 0.05) is 38.1 Å². The van der Waals surface area contributed by atoms with Gasteiger partial charge in [-0.3, -0.25) is 0 Å². The maximum absolute atomic E-state index is 6.71. The van der Waals surface area contributed by atoms with Crippen molar-refractivity contribution in [2.45, 2.75) is 0 Å². The Bertz CT molecular complexity index is 4220. The van der Waals surface area contributed by atoms with Gasteiger partial charge in [0.05, 0.1) is 27.7 Å². The minimum Gasteiger partial charge on any atom is -0.456 e. The van der Waals surface area contributed by atoms with Gasteiger partial charge in [0.1, 0.15) is 22.3 Å². The Balaban J connectivity index is 0.999. The molecule has 0 spiro atoms. The molecule has 6 nitrogen and oxygen atoms in total. The Kier molecular flexibility index (Phi) is 7.02. The highest BCUT2D eigenvalue weighted by Gasteiger charge is 2.22. The first kappa shape index (κ1) is 34.1. The van der Waals surface area contributed by atoms with Gasteiger partial charge in [0.15, 0.2) is 17.5 Å². The Morgan fingerprint density at radius 3 is 1.89 bits per heavy atom. The lowest BCUT2D eigenvalue weighted by molar-refractivity contribution is 0.669. The standard InChI is InChI=1S/C57H32N4O2/c1-2-13-34(14-3-1)55-58-56(60-57(59-55)43-20-10-19-42-41-18-8-9-22-48(41)63-54(42)43)38-24-27-40-37(30-38)26-29-50-52(40)53-45(21-11-23-49(53)62-50)61-46-28-25-33-12-6-7-17-39(33)51(46)44-31-35-15-4-5-16-36(35)32-47(44)61/h1-32H. The summed E-state index contributed by atoms with van der Waals surface area (Å²) < 4.78 is 15.6. The summed E-state index contributed by atoms with van der Waals surface area (Å²) >= 11 is 0. The van der Waals surface area contributed by atoms with Crippen LogP contribution in [-0.4, -0.2) is 19.5 Å². The normalized spacial score (nSPS) is 12.1. The summed E-state index contributed by atoms with van der Waals surface area (Å²) in [7, 11) is 0. The molecule has 4 heterocycles. The van der Waals surface area contributed by atoms with Crippen molar-refractivity contribution in [3.63, 3.8) is 0 Å².